The lowest BCUT2D eigenvalue weighted by Crippen LogP contribution is -2.26. The molecule has 2 N–H and O–H groups in total. The highest BCUT2D eigenvalue weighted by Crippen LogP contribution is 2.38. The van der Waals surface area contributed by atoms with Crippen LogP contribution in [-0.4, -0.2) is 20.2 Å². The van der Waals surface area contributed by atoms with E-state index in [4.69, 9.17) is 5.73 Å². The molecule has 1 heterocycles. The summed E-state index contributed by atoms with van der Waals surface area (Å²) in [4.78, 5) is 0. The van der Waals surface area contributed by atoms with E-state index in [1.807, 2.05) is 22.9 Å². The van der Waals surface area contributed by atoms with Crippen LogP contribution in [0.1, 0.15) is 25.8 Å². The molecule has 3 rings (SSSR count). The third kappa shape index (κ3) is 2.01. The fourth-order valence-corrected chi connectivity index (χ4v) is 2.94. The van der Waals surface area contributed by atoms with Gasteiger partial charge >= 0.3 is 0 Å². The van der Waals surface area contributed by atoms with Crippen LogP contribution in [-0.2, 0) is 0 Å². The van der Waals surface area contributed by atoms with Crippen LogP contribution in [0, 0.1) is 5.92 Å². The normalized spacial score (nSPS) is 22.8. The Kier molecular flexibility index (Phi) is 2.81. The largest absolute Gasteiger partial charge is 0.399 e. The van der Waals surface area contributed by atoms with Gasteiger partial charge in [-0.3, -0.25) is 0 Å². The summed E-state index contributed by atoms with van der Waals surface area (Å²) in [5.41, 5.74) is 7.51. The van der Waals surface area contributed by atoms with Crippen LogP contribution >= 0.6 is 15.9 Å². The summed E-state index contributed by atoms with van der Waals surface area (Å²) in [6, 6.07) is 6.17. The molecule has 1 saturated carbocycles. The van der Waals surface area contributed by atoms with E-state index >= 15 is 0 Å². The zero-order valence-corrected chi connectivity index (χ0v) is 11.6. The van der Waals surface area contributed by atoms with Crippen LogP contribution < -0.4 is 5.73 Å². The number of hydrogen-bond acceptors (Lipinski definition) is 4. The molecule has 0 atom stereocenters. The van der Waals surface area contributed by atoms with E-state index in [2.05, 4.69) is 38.4 Å². The third-order valence-electron chi connectivity index (χ3n) is 3.37. The lowest BCUT2D eigenvalue weighted by molar-refractivity contribution is 0.199. The van der Waals surface area contributed by atoms with Crippen molar-refractivity contribution < 1.29 is 0 Å². The van der Waals surface area contributed by atoms with Crippen LogP contribution in [0.2, 0.25) is 0 Å². The van der Waals surface area contributed by atoms with E-state index < -0.39 is 0 Å². The molecule has 0 amide bonds. The van der Waals surface area contributed by atoms with Gasteiger partial charge in [-0.2, -0.15) is 0 Å². The van der Waals surface area contributed by atoms with Gasteiger partial charge in [0.2, 0.25) is 0 Å². The number of anilines is 1. The first kappa shape index (κ1) is 11.6. The average molecular weight is 308 g/mol. The summed E-state index contributed by atoms with van der Waals surface area (Å²) in [6.07, 6.45) is 2.28. The van der Waals surface area contributed by atoms with Crippen LogP contribution in [0.4, 0.5) is 5.69 Å². The minimum atomic E-state index is 0.421. The smallest absolute Gasteiger partial charge is 0.182 e. The van der Waals surface area contributed by atoms with Gasteiger partial charge in [0.25, 0.3) is 0 Å². The Hall–Kier alpha value is -1.43. The van der Waals surface area contributed by atoms with Crippen molar-refractivity contribution in [1.29, 1.82) is 0 Å². The van der Waals surface area contributed by atoms with E-state index in [1.165, 1.54) is 0 Å². The molecule has 0 bridgehead atoms. The molecular weight excluding hydrogens is 294 g/mol. The maximum atomic E-state index is 5.85. The number of benzene rings is 1. The zero-order chi connectivity index (χ0) is 12.7. The molecule has 1 aromatic carbocycles. The SMILES string of the molecule is CC1CC(n2nnnc2-c2cc(N)cc(Br)c2)C1. The molecule has 94 valence electrons. The first-order chi connectivity index (χ1) is 8.63. The predicted molar refractivity (Wildman–Crippen MR) is 72.8 cm³/mol. The van der Waals surface area contributed by atoms with Crippen molar-refractivity contribution >= 4 is 21.6 Å². The van der Waals surface area contributed by atoms with Gasteiger partial charge in [0.15, 0.2) is 5.82 Å². The average Bonchev–Trinajstić information content (AvgIpc) is 2.71. The van der Waals surface area contributed by atoms with E-state index in [9.17, 15) is 0 Å². The minimum Gasteiger partial charge on any atom is -0.399 e. The summed E-state index contributed by atoms with van der Waals surface area (Å²) in [5, 5.41) is 12.0. The number of tetrazole rings is 1. The molecule has 18 heavy (non-hydrogen) atoms. The van der Waals surface area contributed by atoms with Crippen LogP contribution in [0.15, 0.2) is 22.7 Å². The molecule has 0 radical (unpaired) electrons. The highest BCUT2D eigenvalue weighted by atomic mass is 79.9. The Bertz CT molecular complexity index is 553. The molecule has 2 aromatic rings. The highest BCUT2D eigenvalue weighted by Gasteiger charge is 2.30. The number of nitrogens with two attached hydrogens (primary N) is 1. The Morgan fingerprint density at radius 1 is 1.33 bits per heavy atom. The molecular formula is C12H14BrN5. The van der Waals surface area contributed by atoms with Crippen molar-refractivity contribution in [3.63, 3.8) is 0 Å². The number of rotatable bonds is 2. The van der Waals surface area contributed by atoms with Crippen LogP contribution in [0.5, 0.6) is 0 Å². The van der Waals surface area contributed by atoms with Gasteiger partial charge in [0, 0.05) is 15.7 Å². The van der Waals surface area contributed by atoms with Crippen molar-refractivity contribution in [3.8, 4) is 11.4 Å². The van der Waals surface area contributed by atoms with Crippen molar-refractivity contribution in [3.05, 3.63) is 22.7 Å². The van der Waals surface area contributed by atoms with Gasteiger partial charge in [0.05, 0.1) is 6.04 Å². The number of halogens is 1. The van der Waals surface area contributed by atoms with Gasteiger partial charge in [-0.25, -0.2) is 4.68 Å². The molecule has 1 fully saturated rings. The first-order valence-corrected chi connectivity index (χ1v) is 6.77. The maximum Gasteiger partial charge on any atom is 0.182 e. The van der Waals surface area contributed by atoms with Crippen molar-refractivity contribution in [2.45, 2.75) is 25.8 Å². The summed E-state index contributed by atoms with van der Waals surface area (Å²) in [7, 11) is 0. The quantitative estimate of drug-likeness (QED) is 0.866. The third-order valence-corrected chi connectivity index (χ3v) is 3.82. The molecule has 5 nitrogen and oxygen atoms in total. The van der Waals surface area contributed by atoms with Gasteiger partial charge < -0.3 is 5.73 Å². The number of nitrogens with zero attached hydrogens (tertiary/aromatic N) is 4. The molecule has 0 spiro atoms. The predicted octanol–water partition coefficient (Wildman–Crippen LogP) is 2.66. The Balaban J connectivity index is 1.99. The number of hydrogen-bond donors (Lipinski definition) is 1. The second-order valence-electron chi connectivity index (χ2n) is 4.95. The minimum absolute atomic E-state index is 0.421. The summed E-state index contributed by atoms with van der Waals surface area (Å²) >= 11 is 3.44. The Morgan fingerprint density at radius 2 is 2.11 bits per heavy atom. The topological polar surface area (TPSA) is 69.6 Å². The van der Waals surface area contributed by atoms with E-state index in [1.54, 1.807) is 0 Å². The molecule has 1 aliphatic rings. The fraction of sp³-hybridized carbons (Fsp3) is 0.417. The monoisotopic (exact) mass is 307 g/mol. The van der Waals surface area contributed by atoms with E-state index in [0.717, 1.165) is 34.6 Å². The first-order valence-electron chi connectivity index (χ1n) is 5.98. The lowest BCUT2D eigenvalue weighted by atomic mass is 9.82. The number of nitrogen functional groups attached to an aromatic ring is 1. The van der Waals surface area contributed by atoms with Crippen molar-refractivity contribution in [1.82, 2.24) is 20.2 Å². The fourth-order valence-electron chi connectivity index (χ4n) is 2.43. The van der Waals surface area contributed by atoms with Crippen molar-refractivity contribution in [2.24, 2.45) is 5.92 Å². The molecule has 0 aliphatic heterocycles. The van der Waals surface area contributed by atoms with Gasteiger partial charge in [-0.1, -0.05) is 22.9 Å². The van der Waals surface area contributed by atoms with Gasteiger partial charge in [0.1, 0.15) is 0 Å². The summed E-state index contributed by atoms with van der Waals surface area (Å²) in [6.45, 7) is 2.25. The molecule has 1 aromatic heterocycles. The highest BCUT2D eigenvalue weighted by molar-refractivity contribution is 9.10. The zero-order valence-electron chi connectivity index (χ0n) is 10.0. The van der Waals surface area contributed by atoms with E-state index in [0.29, 0.717) is 11.7 Å². The summed E-state index contributed by atoms with van der Waals surface area (Å²) < 4.78 is 2.86. The standard InChI is InChI=1S/C12H14BrN5/c1-7-2-11(3-7)18-12(15-16-17-18)8-4-9(13)6-10(14)5-8/h4-7,11H,2-3,14H2,1H3. The lowest BCUT2D eigenvalue weighted by Gasteiger charge is -2.32. The maximum absolute atomic E-state index is 5.85. The van der Waals surface area contributed by atoms with Crippen LogP contribution in [0.3, 0.4) is 0 Å². The second kappa shape index (κ2) is 4.35. The second-order valence-corrected chi connectivity index (χ2v) is 5.87. The van der Waals surface area contributed by atoms with Crippen molar-refractivity contribution in [2.75, 3.05) is 5.73 Å². The molecule has 0 saturated heterocycles. The Morgan fingerprint density at radius 3 is 2.78 bits per heavy atom. The van der Waals surface area contributed by atoms with Gasteiger partial charge in [-0.15, -0.1) is 5.10 Å². The molecule has 6 heteroatoms. The Labute approximate surface area is 113 Å². The molecule has 0 unspecified atom stereocenters. The van der Waals surface area contributed by atoms with Crippen LogP contribution in [0.25, 0.3) is 11.4 Å². The molecule has 1 aliphatic carbocycles. The summed E-state index contributed by atoms with van der Waals surface area (Å²) in [5.74, 6) is 1.56. The number of aromatic nitrogens is 4. The van der Waals surface area contributed by atoms with Gasteiger partial charge in [-0.05, 0) is 47.4 Å². The van der Waals surface area contributed by atoms with E-state index in [-0.39, 0.29) is 0 Å².